The first-order valence-electron chi connectivity index (χ1n) is 5.93. The molecule has 3 N–H and O–H groups in total. The van der Waals surface area contributed by atoms with Crippen molar-refractivity contribution in [3.05, 3.63) is 24.0 Å². The van der Waals surface area contributed by atoms with Gasteiger partial charge in [-0.05, 0) is 37.9 Å². The van der Waals surface area contributed by atoms with E-state index in [0.717, 1.165) is 32.2 Å². The molecule has 0 aliphatic rings. The molecule has 90 valence electrons. The van der Waals surface area contributed by atoms with Crippen LogP contribution in [0.4, 0.5) is 0 Å². The third-order valence-corrected chi connectivity index (χ3v) is 2.93. The van der Waals surface area contributed by atoms with E-state index in [4.69, 9.17) is 5.73 Å². The standard InChI is InChI=1S/C12H21N3O/c1-2-12(16,8-4-3-5-9-13)11-7-6-10-14-15-11/h6-7,10,16H,2-5,8-9,13H2,1H3. The van der Waals surface area contributed by atoms with Gasteiger partial charge in [-0.2, -0.15) is 10.2 Å². The van der Waals surface area contributed by atoms with Crippen molar-refractivity contribution in [2.24, 2.45) is 5.73 Å². The zero-order chi connectivity index (χ0) is 11.9. The maximum Gasteiger partial charge on any atom is 0.108 e. The highest BCUT2D eigenvalue weighted by molar-refractivity contribution is 5.09. The van der Waals surface area contributed by atoms with Crippen LogP contribution in [-0.2, 0) is 5.60 Å². The fourth-order valence-corrected chi connectivity index (χ4v) is 1.77. The lowest BCUT2D eigenvalue weighted by atomic mass is 9.90. The van der Waals surface area contributed by atoms with Gasteiger partial charge >= 0.3 is 0 Å². The second-order valence-electron chi connectivity index (χ2n) is 4.09. The molecule has 1 aromatic rings. The Labute approximate surface area is 96.9 Å². The summed E-state index contributed by atoms with van der Waals surface area (Å²) < 4.78 is 0. The Morgan fingerprint density at radius 2 is 2.19 bits per heavy atom. The zero-order valence-corrected chi connectivity index (χ0v) is 9.89. The molecule has 0 aromatic carbocycles. The van der Waals surface area contributed by atoms with Crippen LogP contribution in [0.5, 0.6) is 0 Å². The molecule has 0 aliphatic carbocycles. The van der Waals surface area contributed by atoms with Crippen molar-refractivity contribution in [3.8, 4) is 0 Å². The molecule has 1 atom stereocenters. The van der Waals surface area contributed by atoms with Gasteiger partial charge < -0.3 is 10.8 Å². The molecule has 0 aliphatic heterocycles. The van der Waals surface area contributed by atoms with Gasteiger partial charge in [0.1, 0.15) is 5.60 Å². The van der Waals surface area contributed by atoms with Crippen molar-refractivity contribution in [2.75, 3.05) is 6.54 Å². The molecule has 4 nitrogen and oxygen atoms in total. The third-order valence-electron chi connectivity index (χ3n) is 2.93. The first-order chi connectivity index (χ1) is 7.73. The summed E-state index contributed by atoms with van der Waals surface area (Å²) in [5.41, 5.74) is 5.28. The van der Waals surface area contributed by atoms with E-state index in [0.29, 0.717) is 12.1 Å². The Kier molecular flexibility index (Phi) is 5.35. The first-order valence-corrected chi connectivity index (χ1v) is 5.93. The number of hydrogen-bond donors (Lipinski definition) is 2. The van der Waals surface area contributed by atoms with Crippen LogP contribution in [0.15, 0.2) is 18.3 Å². The molecular formula is C12H21N3O. The summed E-state index contributed by atoms with van der Waals surface area (Å²) in [6.45, 7) is 2.69. The SMILES string of the molecule is CCC(O)(CCCCCN)c1cccnn1. The predicted octanol–water partition coefficient (Wildman–Crippen LogP) is 1.59. The third kappa shape index (κ3) is 3.54. The molecule has 16 heavy (non-hydrogen) atoms. The quantitative estimate of drug-likeness (QED) is 0.689. The average Bonchev–Trinajstić information content (AvgIpc) is 2.35. The second-order valence-corrected chi connectivity index (χ2v) is 4.09. The van der Waals surface area contributed by atoms with E-state index >= 15 is 0 Å². The van der Waals surface area contributed by atoms with Gasteiger partial charge in [-0.1, -0.05) is 19.8 Å². The number of aliphatic hydroxyl groups is 1. The fraction of sp³-hybridized carbons (Fsp3) is 0.667. The summed E-state index contributed by atoms with van der Waals surface area (Å²) in [6, 6.07) is 3.64. The molecule has 1 aromatic heterocycles. The number of aromatic nitrogens is 2. The van der Waals surface area contributed by atoms with Crippen LogP contribution in [0.1, 0.15) is 44.7 Å². The molecule has 0 saturated carbocycles. The van der Waals surface area contributed by atoms with Crippen molar-refractivity contribution in [3.63, 3.8) is 0 Å². The minimum Gasteiger partial charge on any atom is -0.383 e. The van der Waals surface area contributed by atoms with Crippen LogP contribution in [0.3, 0.4) is 0 Å². The summed E-state index contributed by atoms with van der Waals surface area (Å²) in [6.07, 6.45) is 6.04. The van der Waals surface area contributed by atoms with Gasteiger partial charge in [-0.15, -0.1) is 0 Å². The molecule has 1 unspecified atom stereocenters. The van der Waals surface area contributed by atoms with Crippen LogP contribution in [0, 0.1) is 0 Å². The lowest BCUT2D eigenvalue weighted by Crippen LogP contribution is -2.26. The fourth-order valence-electron chi connectivity index (χ4n) is 1.77. The highest BCUT2D eigenvalue weighted by Gasteiger charge is 2.28. The first kappa shape index (κ1) is 13.1. The van der Waals surface area contributed by atoms with Crippen molar-refractivity contribution >= 4 is 0 Å². The van der Waals surface area contributed by atoms with E-state index in [2.05, 4.69) is 10.2 Å². The monoisotopic (exact) mass is 223 g/mol. The van der Waals surface area contributed by atoms with Gasteiger partial charge in [0, 0.05) is 6.20 Å². The number of nitrogens with two attached hydrogens (primary N) is 1. The lowest BCUT2D eigenvalue weighted by molar-refractivity contribution is 0.0156. The van der Waals surface area contributed by atoms with Crippen molar-refractivity contribution in [1.82, 2.24) is 10.2 Å². The Balaban J connectivity index is 2.56. The van der Waals surface area contributed by atoms with Gasteiger partial charge in [0.2, 0.25) is 0 Å². The topological polar surface area (TPSA) is 72.0 Å². The van der Waals surface area contributed by atoms with Crippen LogP contribution in [0.25, 0.3) is 0 Å². The Morgan fingerprint density at radius 3 is 2.75 bits per heavy atom. The molecule has 0 radical (unpaired) electrons. The van der Waals surface area contributed by atoms with Crippen molar-refractivity contribution in [1.29, 1.82) is 0 Å². The lowest BCUT2D eigenvalue weighted by Gasteiger charge is -2.25. The highest BCUT2D eigenvalue weighted by Crippen LogP contribution is 2.28. The number of hydrogen-bond acceptors (Lipinski definition) is 4. The van der Waals surface area contributed by atoms with Gasteiger partial charge in [0.25, 0.3) is 0 Å². The molecular weight excluding hydrogens is 202 g/mol. The maximum atomic E-state index is 10.5. The van der Waals surface area contributed by atoms with Crippen LogP contribution >= 0.6 is 0 Å². The predicted molar refractivity (Wildman–Crippen MR) is 63.7 cm³/mol. The molecule has 0 spiro atoms. The van der Waals surface area contributed by atoms with Crippen LogP contribution in [0.2, 0.25) is 0 Å². The van der Waals surface area contributed by atoms with E-state index in [1.165, 1.54) is 0 Å². The summed E-state index contributed by atoms with van der Waals surface area (Å²) in [5, 5.41) is 18.3. The second kappa shape index (κ2) is 6.55. The van der Waals surface area contributed by atoms with Crippen LogP contribution < -0.4 is 5.73 Å². The van der Waals surface area contributed by atoms with Crippen LogP contribution in [-0.4, -0.2) is 21.8 Å². The summed E-state index contributed by atoms with van der Waals surface area (Å²) in [4.78, 5) is 0. The molecule has 4 heteroatoms. The normalized spacial score (nSPS) is 14.7. The van der Waals surface area contributed by atoms with E-state index < -0.39 is 5.60 Å². The summed E-state index contributed by atoms with van der Waals surface area (Å²) >= 11 is 0. The largest absolute Gasteiger partial charge is 0.383 e. The zero-order valence-electron chi connectivity index (χ0n) is 9.89. The minimum absolute atomic E-state index is 0.661. The van der Waals surface area contributed by atoms with Gasteiger partial charge in [0.05, 0.1) is 5.69 Å². The van der Waals surface area contributed by atoms with Gasteiger partial charge in [-0.25, -0.2) is 0 Å². The minimum atomic E-state index is -0.830. The molecule has 0 saturated heterocycles. The Morgan fingerprint density at radius 1 is 1.38 bits per heavy atom. The Bertz CT molecular complexity index is 292. The van der Waals surface area contributed by atoms with Crippen molar-refractivity contribution < 1.29 is 5.11 Å². The van der Waals surface area contributed by atoms with Gasteiger partial charge in [-0.3, -0.25) is 0 Å². The molecule has 1 rings (SSSR count). The summed E-state index contributed by atoms with van der Waals surface area (Å²) in [5.74, 6) is 0. The highest BCUT2D eigenvalue weighted by atomic mass is 16.3. The average molecular weight is 223 g/mol. The molecule has 0 amide bonds. The van der Waals surface area contributed by atoms with E-state index in [-0.39, 0.29) is 0 Å². The maximum absolute atomic E-state index is 10.5. The smallest absolute Gasteiger partial charge is 0.108 e. The number of rotatable bonds is 7. The molecule has 0 fully saturated rings. The van der Waals surface area contributed by atoms with E-state index in [1.54, 1.807) is 6.20 Å². The molecule has 0 bridgehead atoms. The van der Waals surface area contributed by atoms with Gasteiger partial charge in [0.15, 0.2) is 0 Å². The van der Waals surface area contributed by atoms with E-state index in [1.807, 2.05) is 19.1 Å². The summed E-state index contributed by atoms with van der Waals surface area (Å²) in [7, 11) is 0. The van der Waals surface area contributed by atoms with E-state index in [9.17, 15) is 5.11 Å². The Hall–Kier alpha value is -1.00. The molecule has 1 heterocycles. The number of nitrogens with zero attached hydrogens (tertiary/aromatic N) is 2. The van der Waals surface area contributed by atoms with Crippen molar-refractivity contribution in [2.45, 2.75) is 44.6 Å². The number of unbranched alkanes of at least 4 members (excludes halogenated alkanes) is 2.